The van der Waals surface area contributed by atoms with Crippen LogP contribution in [0.25, 0.3) is 0 Å². The molecule has 0 aromatic heterocycles. The molecule has 4 aliphatic carbocycles. The van der Waals surface area contributed by atoms with Gasteiger partial charge >= 0.3 is 11.9 Å². The van der Waals surface area contributed by atoms with Crippen molar-refractivity contribution in [2.24, 2.45) is 45.3 Å². The quantitative estimate of drug-likeness (QED) is 0.334. The number of carbonyl (C=O) groups excluding carboxylic acids is 2. The molecule has 0 amide bonds. The molecule has 0 radical (unpaired) electrons. The number of hydrogen-bond donors (Lipinski definition) is 2. The van der Waals surface area contributed by atoms with Crippen LogP contribution in [0.15, 0.2) is 11.6 Å². The maximum Gasteiger partial charge on any atom is 0.302 e. The van der Waals surface area contributed by atoms with Crippen molar-refractivity contribution >= 4 is 11.9 Å². The minimum Gasteiger partial charge on any atom is -0.462 e. The third kappa shape index (κ3) is 4.63. The van der Waals surface area contributed by atoms with Gasteiger partial charge in [0.15, 0.2) is 0 Å². The van der Waals surface area contributed by atoms with Crippen LogP contribution in [0, 0.1) is 45.3 Å². The first-order chi connectivity index (χ1) is 18.9. The van der Waals surface area contributed by atoms with E-state index in [1.807, 2.05) is 13.8 Å². The Labute approximate surface area is 246 Å². The fourth-order valence-corrected chi connectivity index (χ4v) is 11.1. The van der Waals surface area contributed by atoms with Gasteiger partial charge in [-0.3, -0.25) is 9.59 Å². The summed E-state index contributed by atoms with van der Waals surface area (Å²) in [5, 5.41) is 21.7. The van der Waals surface area contributed by atoms with Gasteiger partial charge in [0.1, 0.15) is 18.3 Å². The number of ether oxygens (including phenoxy) is 3. The molecule has 1 saturated heterocycles. The molecular formula is C34H54O7. The van der Waals surface area contributed by atoms with Gasteiger partial charge in [-0.15, -0.1) is 0 Å². The molecule has 0 spiro atoms. The summed E-state index contributed by atoms with van der Waals surface area (Å²) < 4.78 is 18.4. The van der Waals surface area contributed by atoms with Gasteiger partial charge in [-0.2, -0.15) is 0 Å². The topological polar surface area (TPSA) is 102 Å². The molecule has 4 fully saturated rings. The molecule has 7 nitrogen and oxygen atoms in total. The lowest BCUT2D eigenvalue weighted by Crippen LogP contribution is -2.66. The number of rotatable bonds is 3. The molecule has 0 bridgehead atoms. The van der Waals surface area contributed by atoms with E-state index in [9.17, 15) is 19.8 Å². The minimum atomic E-state index is -0.920. The molecule has 5 aliphatic rings. The zero-order chi connectivity index (χ0) is 30.3. The third-order valence-corrected chi connectivity index (χ3v) is 13.1. The first-order valence-corrected chi connectivity index (χ1v) is 15.9. The van der Waals surface area contributed by atoms with Crippen molar-refractivity contribution in [1.29, 1.82) is 0 Å². The van der Waals surface area contributed by atoms with E-state index in [1.165, 1.54) is 19.4 Å². The molecule has 2 N–H and O–H groups in total. The highest BCUT2D eigenvalue weighted by molar-refractivity contribution is 5.67. The van der Waals surface area contributed by atoms with Gasteiger partial charge in [-0.1, -0.05) is 46.3 Å². The standard InChI is InChI=1S/C34H54O7/c1-19(35)40-27-13-15-33(8)25-12-14-32(7)22(21-16-23(37)29(38)31(5,6)39-18-21)10-11-24(32)34(25,9)28(41-20(2)36)17-26(33)30(27,3)4/h11,21-23,25-29,37-38H,10,12-18H2,1-9H3. The Morgan fingerprint density at radius 2 is 1.51 bits per heavy atom. The summed E-state index contributed by atoms with van der Waals surface area (Å²) >= 11 is 0. The molecule has 41 heavy (non-hydrogen) atoms. The minimum absolute atomic E-state index is 0.0154. The van der Waals surface area contributed by atoms with E-state index in [0.717, 1.165) is 38.5 Å². The molecule has 0 aromatic carbocycles. The summed E-state index contributed by atoms with van der Waals surface area (Å²) in [6, 6.07) is 0. The molecule has 232 valence electrons. The third-order valence-electron chi connectivity index (χ3n) is 13.1. The predicted octanol–water partition coefficient (Wildman–Crippen LogP) is 5.60. The van der Waals surface area contributed by atoms with Gasteiger partial charge < -0.3 is 24.4 Å². The summed E-state index contributed by atoms with van der Waals surface area (Å²) in [6.07, 6.45) is 6.34. The van der Waals surface area contributed by atoms with Gasteiger partial charge in [-0.25, -0.2) is 0 Å². The number of fused-ring (bicyclic) bond motifs is 5. The highest BCUT2D eigenvalue weighted by atomic mass is 16.5. The molecule has 1 heterocycles. The lowest BCUT2D eigenvalue weighted by molar-refractivity contribution is -0.227. The van der Waals surface area contributed by atoms with Crippen LogP contribution >= 0.6 is 0 Å². The van der Waals surface area contributed by atoms with Crippen molar-refractivity contribution < 1.29 is 34.0 Å². The van der Waals surface area contributed by atoms with E-state index in [2.05, 4.69) is 40.7 Å². The second-order valence-corrected chi connectivity index (χ2v) is 16.0. The van der Waals surface area contributed by atoms with Gasteiger partial charge in [-0.05, 0) is 93.3 Å². The second-order valence-electron chi connectivity index (χ2n) is 16.0. The average Bonchev–Trinajstić information content (AvgIpc) is 3.17. The number of carbonyl (C=O) groups is 2. The van der Waals surface area contributed by atoms with Crippen LogP contribution in [0.1, 0.15) is 107 Å². The van der Waals surface area contributed by atoms with Crippen LogP contribution in [0.5, 0.6) is 0 Å². The van der Waals surface area contributed by atoms with Crippen molar-refractivity contribution in [3.63, 3.8) is 0 Å². The monoisotopic (exact) mass is 574 g/mol. The SMILES string of the molecule is CC(=O)OC1CCC2(C)C(CC(OC(C)=O)C3(C)C4=CCC(C5COC(C)(C)C(O)C(O)C5)C4(C)CCC23)C1(C)C. The molecule has 11 unspecified atom stereocenters. The van der Waals surface area contributed by atoms with Crippen molar-refractivity contribution in [1.82, 2.24) is 0 Å². The largest absolute Gasteiger partial charge is 0.462 e. The first kappa shape index (κ1) is 31.0. The van der Waals surface area contributed by atoms with Crippen molar-refractivity contribution in [3.05, 3.63) is 11.6 Å². The summed E-state index contributed by atoms with van der Waals surface area (Å²) in [7, 11) is 0. The Bertz CT molecular complexity index is 1090. The highest BCUT2D eigenvalue weighted by Gasteiger charge is 2.69. The molecule has 1 aliphatic heterocycles. The number of esters is 2. The van der Waals surface area contributed by atoms with E-state index >= 15 is 0 Å². The van der Waals surface area contributed by atoms with Crippen molar-refractivity contribution in [2.75, 3.05) is 6.61 Å². The first-order valence-electron chi connectivity index (χ1n) is 15.9. The van der Waals surface area contributed by atoms with Crippen LogP contribution in [0.3, 0.4) is 0 Å². The molecule has 3 saturated carbocycles. The average molecular weight is 575 g/mol. The van der Waals surface area contributed by atoms with E-state index in [-0.39, 0.29) is 63.6 Å². The van der Waals surface area contributed by atoms with Gasteiger partial charge in [0, 0.05) is 24.7 Å². The van der Waals surface area contributed by atoms with Gasteiger partial charge in [0.25, 0.3) is 0 Å². The molecule has 7 heteroatoms. The summed E-state index contributed by atoms with van der Waals surface area (Å²) in [4.78, 5) is 24.6. The van der Waals surface area contributed by atoms with Crippen LogP contribution in [0.4, 0.5) is 0 Å². The summed E-state index contributed by atoms with van der Waals surface area (Å²) in [5.41, 5.74) is -0.0279. The lowest BCUT2D eigenvalue weighted by Gasteiger charge is -2.69. The summed E-state index contributed by atoms with van der Waals surface area (Å²) in [5.74, 6) is 0.492. The van der Waals surface area contributed by atoms with Crippen LogP contribution in [-0.2, 0) is 23.8 Å². The fourth-order valence-electron chi connectivity index (χ4n) is 11.1. The van der Waals surface area contributed by atoms with Crippen molar-refractivity contribution in [3.8, 4) is 0 Å². The van der Waals surface area contributed by atoms with Crippen molar-refractivity contribution in [2.45, 2.75) is 137 Å². The summed E-state index contributed by atoms with van der Waals surface area (Å²) in [6.45, 7) is 18.9. The number of aliphatic hydroxyl groups is 2. The van der Waals surface area contributed by atoms with Gasteiger partial charge in [0.05, 0.1) is 18.3 Å². The predicted molar refractivity (Wildman–Crippen MR) is 156 cm³/mol. The Balaban J connectivity index is 1.51. The van der Waals surface area contributed by atoms with Gasteiger partial charge in [0.2, 0.25) is 0 Å². The number of hydrogen-bond acceptors (Lipinski definition) is 7. The Kier molecular flexibility index (Phi) is 7.60. The second kappa shape index (κ2) is 10.1. The smallest absolute Gasteiger partial charge is 0.302 e. The molecule has 11 atom stereocenters. The maximum absolute atomic E-state index is 12.6. The molecule has 0 aromatic rings. The molecule has 5 rings (SSSR count). The van der Waals surface area contributed by atoms with E-state index in [4.69, 9.17) is 14.2 Å². The normalized spacial score (nSPS) is 48.5. The molecular weight excluding hydrogens is 520 g/mol. The lowest BCUT2D eigenvalue weighted by atomic mass is 9.37. The van der Waals surface area contributed by atoms with E-state index in [0.29, 0.717) is 18.9 Å². The van der Waals surface area contributed by atoms with E-state index in [1.54, 1.807) is 0 Å². The maximum atomic E-state index is 12.6. The van der Waals surface area contributed by atoms with Crippen LogP contribution < -0.4 is 0 Å². The Hall–Kier alpha value is -1.44. The zero-order valence-electron chi connectivity index (χ0n) is 26.8. The fraction of sp³-hybridized carbons (Fsp3) is 0.882. The van der Waals surface area contributed by atoms with Crippen LogP contribution in [0.2, 0.25) is 0 Å². The Morgan fingerprint density at radius 3 is 2.15 bits per heavy atom. The number of allylic oxidation sites excluding steroid dienone is 1. The van der Waals surface area contributed by atoms with E-state index < -0.39 is 17.8 Å². The van der Waals surface area contributed by atoms with Crippen LogP contribution in [-0.4, -0.2) is 58.8 Å². The number of aliphatic hydroxyl groups excluding tert-OH is 2. The highest BCUT2D eigenvalue weighted by Crippen LogP contribution is 2.74. The Morgan fingerprint density at radius 1 is 0.878 bits per heavy atom. The zero-order valence-corrected chi connectivity index (χ0v) is 26.8.